The molecule has 1 aromatic rings. The molecule has 0 aliphatic heterocycles. The number of hydrogen-bond acceptors (Lipinski definition) is 2. The third-order valence-electron chi connectivity index (χ3n) is 4.27. The third kappa shape index (κ3) is 7.64. The summed E-state index contributed by atoms with van der Waals surface area (Å²) in [6, 6.07) is 6.09. The van der Waals surface area contributed by atoms with Crippen LogP contribution in [0.5, 0.6) is 0 Å². The number of hydrogen-bond donors (Lipinski definition) is 1. The zero-order valence-corrected chi connectivity index (χ0v) is 16.5. The van der Waals surface area contributed by atoms with Gasteiger partial charge in [-0.05, 0) is 42.4 Å². The van der Waals surface area contributed by atoms with E-state index in [0.29, 0.717) is 12.3 Å². The molecule has 1 saturated carbocycles. The largest absolute Gasteiger partial charge is 0.400 e. The number of aliphatic hydroxyl groups is 1. The molecule has 1 N–H and O–H groups in total. The van der Waals surface area contributed by atoms with Gasteiger partial charge in [0.2, 0.25) is 0 Å². The molecule has 3 atom stereocenters. The van der Waals surface area contributed by atoms with Gasteiger partial charge in [-0.25, -0.2) is 9.65 Å². The fourth-order valence-corrected chi connectivity index (χ4v) is 3.16. The SMILES string of the molecule is C#N.CC.CCC(C)c1cc(C2CCCCC2F)ccc1Cl.CO. The van der Waals surface area contributed by atoms with Gasteiger partial charge in [0, 0.05) is 24.6 Å². The van der Waals surface area contributed by atoms with E-state index in [-0.39, 0.29) is 5.92 Å². The smallest absolute Gasteiger partial charge is 0.107 e. The van der Waals surface area contributed by atoms with E-state index in [9.17, 15) is 4.39 Å². The van der Waals surface area contributed by atoms with Crippen LogP contribution in [0.3, 0.4) is 0 Å². The molecule has 0 heterocycles. The molecule has 4 heteroatoms. The summed E-state index contributed by atoms with van der Waals surface area (Å²) in [7, 11) is 1.00. The predicted octanol–water partition coefficient (Wildman–Crippen LogP) is 6.62. The monoisotopic (exact) mass is 357 g/mol. The van der Waals surface area contributed by atoms with Crippen LogP contribution in [0.2, 0.25) is 5.02 Å². The lowest BCUT2D eigenvalue weighted by Crippen LogP contribution is -2.18. The molecule has 0 amide bonds. The first-order chi connectivity index (χ1) is 11.6. The van der Waals surface area contributed by atoms with Gasteiger partial charge in [0.05, 0.1) is 0 Å². The van der Waals surface area contributed by atoms with Crippen LogP contribution >= 0.6 is 11.6 Å². The minimum atomic E-state index is -0.676. The Hall–Kier alpha value is -1.11. The number of benzene rings is 1. The fourth-order valence-electron chi connectivity index (χ4n) is 2.85. The van der Waals surface area contributed by atoms with Crippen LogP contribution in [0, 0.1) is 11.8 Å². The second-order valence-corrected chi connectivity index (χ2v) is 5.90. The van der Waals surface area contributed by atoms with E-state index in [0.717, 1.165) is 43.4 Å². The van der Waals surface area contributed by atoms with Crippen molar-refractivity contribution in [1.82, 2.24) is 0 Å². The van der Waals surface area contributed by atoms with Crippen molar-refractivity contribution >= 4 is 11.6 Å². The highest BCUT2D eigenvalue weighted by atomic mass is 35.5. The number of halogens is 2. The van der Waals surface area contributed by atoms with Crippen molar-refractivity contribution in [2.75, 3.05) is 7.11 Å². The maximum Gasteiger partial charge on any atom is 0.107 e. The van der Waals surface area contributed by atoms with Crippen LogP contribution in [-0.2, 0) is 0 Å². The highest BCUT2D eigenvalue weighted by Gasteiger charge is 2.26. The highest BCUT2D eigenvalue weighted by molar-refractivity contribution is 6.31. The average molecular weight is 358 g/mol. The summed E-state index contributed by atoms with van der Waals surface area (Å²) in [5.74, 6) is 0.526. The van der Waals surface area contributed by atoms with Gasteiger partial charge < -0.3 is 5.11 Å². The van der Waals surface area contributed by atoms with Crippen LogP contribution in [-0.4, -0.2) is 18.4 Å². The molecule has 1 aromatic carbocycles. The average Bonchev–Trinajstić information content (AvgIpc) is 2.67. The van der Waals surface area contributed by atoms with Gasteiger partial charge in [-0.1, -0.05) is 64.3 Å². The lowest BCUT2D eigenvalue weighted by Gasteiger charge is -2.27. The van der Waals surface area contributed by atoms with E-state index >= 15 is 0 Å². The number of nitriles is 1. The molecule has 3 unspecified atom stereocenters. The van der Waals surface area contributed by atoms with E-state index in [1.54, 1.807) is 0 Å². The molecule has 1 aliphatic carbocycles. The van der Waals surface area contributed by atoms with Gasteiger partial charge >= 0.3 is 0 Å². The molecule has 2 rings (SSSR count). The fraction of sp³-hybridized carbons (Fsp3) is 0.650. The first-order valence-electron chi connectivity index (χ1n) is 8.77. The van der Waals surface area contributed by atoms with Crippen LogP contribution < -0.4 is 0 Å². The molecule has 2 nitrogen and oxygen atoms in total. The van der Waals surface area contributed by atoms with Crippen molar-refractivity contribution in [3.05, 3.63) is 34.3 Å². The summed E-state index contributed by atoms with van der Waals surface area (Å²) in [4.78, 5) is 0. The summed E-state index contributed by atoms with van der Waals surface area (Å²) in [6.07, 6.45) is 4.25. The molecule has 0 bridgehead atoms. The van der Waals surface area contributed by atoms with E-state index in [1.165, 1.54) is 5.56 Å². The Bertz CT molecular complexity index is 451. The third-order valence-corrected chi connectivity index (χ3v) is 4.62. The molecule has 138 valence electrons. The second kappa shape index (κ2) is 15.4. The van der Waals surface area contributed by atoms with Crippen molar-refractivity contribution in [2.24, 2.45) is 0 Å². The summed E-state index contributed by atoms with van der Waals surface area (Å²) >= 11 is 6.25. The number of aliphatic hydroxyl groups excluding tert-OH is 1. The van der Waals surface area contributed by atoms with Crippen molar-refractivity contribution in [3.63, 3.8) is 0 Å². The van der Waals surface area contributed by atoms with Crippen molar-refractivity contribution in [2.45, 2.75) is 77.8 Å². The number of rotatable bonds is 3. The Morgan fingerprint density at radius 2 is 1.79 bits per heavy atom. The molecule has 0 spiro atoms. The van der Waals surface area contributed by atoms with Crippen molar-refractivity contribution < 1.29 is 9.50 Å². The molecular weight excluding hydrogens is 325 g/mol. The second-order valence-electron chi connectivity index (χ2n) is 5.50. The molecule has 0 saturated heterocycles. The Morgan fingerprint density at radius 1 is 1.25 bits per heavy atom. The molecule has 0 aromatic heterocycles. The lowest BCUT2D eigenvalue weighted by molar-refractivity contribution is 0.216. The van der Waals surface area contributed by atoms with Crippen LogP contribution in [0.25, 0.3) is 0 Å². The Morgan fingerprint density at radius 3 is 2.29 bits per heavy atom. The minimum absolute atomic E-state index is 0.0822. The molecular formula is C20H33ClFNO. The Labute approximate surface area is 152 Å². The summed E-state index contributed by atoms with van der Waals surface area (Å²) in [5.41, 5.74) is 2.32. The summed E-state index contributed by atoms with van der Waals surface area (Å²) in [6.45, 7) is 11.8. The predicted molar refractivity (Wildman–Crippen MR) is 102 cm³/mol. The van der Waals surface area contributed by atoms with Crippen molar-refractivity contribution in [1.29, 1.82) is 5.26 Å². The number of nitrogens with zero attached hydrogens (tertiary/aromatic N) is 1. The number of alkyl halides is 1. The van der Waals surface area contributed by atoms with Crippen LogP contribution in [0.1, 0.15) is 82.8 Å². The molecule has 0 radical (unpaired) electrons. The molecule has 1 fully saturated rings. The summed E-state index contributed by atoms with van der Waals surface area (Å²) < 4.78 is 14.0. The first kappa shape index (κ1) is 25.1. The van der Waals surface area contributed by atoms with Crippen molar-refractivity contribution in [3.8, 4) is 6.57 Å². The quantitative estimate of drug-likeness (QED) is 0.660. The zero-order chi connectivity index (χ0) is 19.1. The van der Waals surface area contributed by atoms with E-state index < -0.39 is 6.17 Å². The Kier molecular flexibility index (Phi) is 16.1. The van der Waals surface area contributed by atoms with Crippen LogP contribution in [0.15, 0.2) is 18.2 Å². The standard InChI is InChI=1S/C16H22ClF.C2H6.CHN.CH4O/c1-3-11(2)14-10-12(8-9-15(14)17)13-6-4-5-7-16(13)18;3*1-2/h8-11,13,16H,3-7H2,1-2H3;1-2H3;1H;2H,1H3. The van der Waals surface area contributed by atoms with E-state index in [4.69, 9.17) is 22.0 Å². The van der Waals surface area contributed by atoms with Gasteiger partial charge in [-0.3, -0.25) is 0 Å². The highest BCUT2D eigenvalue weighted by Crippen LogP contribution is 2.37. The van der Waals surface area contributed by atoms with E-state index in [2.05, 4.69) is 26.5 Å². The zero-order valence-electron chi connectivity index (χ0n) is 15.7. The molecule has 1 aliphatic rings. The van der Waals surface area contributed by atoms with Gasteiger partial charge in [0.25, 0.3) is 0 Å². The van der Waals surface area contributed by atoms with Gasteiger partial charge in [-0.15, -0.1) is 0 Å². The normalized spacial score (nSPS) is 20.1. The molecule has 24 heavy (non-hydrogen) atoms. The maximum atomic E-state index is 14.0. The topological polar surface area (TPSA) is 44.0 Å². The van der Waals surface area contributed by atoms with Gasteiger partial charge in [0.1, 0.15) is 6.17 Å². The van der Waals surface area contributed by atoms with Gasteiger partial charge in [-0.2, -0.15) is 0 Å². The minimum Gasteiger partial charge on any atom is -0.400 e. The van der Waals surface area contributed by atoms with E-state index in [1.807, 2.05) is 26.0 Å². The van der Waals surface area contributed by atoms with Gasteiger partial charge in [0.15, 0.2) is 0 Å². The Balaban J connectivity index is 0. The summed E-state index contributed by atoms with van der Waals surface area (Å²) in [5, 5.41) is 14.3. The lowest BCUT2D eigenvalue weighted by atomic mass is 9.81. The maximum absolute atomic E-state index is 14.0. The first-order valence-corrected chi connectivity index (χ1v) is 9.15. The van der Waals surface area contributed by atoms with Crippen LogP contribution in [0.4, 0.5) is 4.39 Å².